The Morgan fingerprint density at radius 1 is 1.44 bits per heavy atom. The van der Waals surface area contributed by atoms with Crippen LogP contribution >= 0.6 is 11.6 Å². The van der Waals surface area contributed by atoms with Crippen molar-refractivity contribution in [3.05, 3.63) is 29.3 Å². The molecule has 0 radical (unpaired) electrons. The fraction of sp³-hybridized carbons (Fsp3) is 0.462. The monoisotopic (exact) mass is 271 g/mol. The van der Waals surface area contributed by atoms with Gasteiger partial charge in [-0.2, -0.15) is 0 Å². The average molecular weight is 272 g/mol. The normalized spacial score (nSPS) is 12.9. The van der Waals surface area contributed by atoms with Crippen LogP contribution in [-0.2, 0) is 4.79 Å². The minimum atomic E-state index is -1.02. The highest BCUT2D eigenvalue weighted by molar-refractivity contribution is 6.30. The minimum Gasteiger partial charge on any atom is -0.478 e. The molecule has 0 unspecified atom stereocenters. The van der Waals surface area contributed by atoms with Gasteiger partial charge in [0.1, 0.15) is 5.75 Å². The largest absolute Gasteiger partial charge is 0.478 e. The average Bonchev–Trinajstić information content (AvgIpc) is 2.31. The predicted octanol–water partition coefficient (Wildman–Crippen LogP) is 1.99. The lowest BCUT2D eigenvalue weighted by Gasteiger charge is -2.26. The summed E-state index contributed by atoms with van der Waals surface area (Å²) in [6, 6.07) is 6.49. The van der Waals surface area contributed by atoms with Crippen LogP contribution in [0.5, 0.6) is 5.75 Å². The third kappa shape index (κ3) is 4.20. The first-order valence-electron chi connectivity index (χ1n) is 5.71. The number of aliphatic hydroxyl groups excluding tert-OH is 1. The van der Waals surface area contributed by atoms with Gasteiger partial charge < -0.3 is 15.2 Å². The number of hydrogen-bond acceptors (Lipinski definition) is 3. The van der Waals surface area contributed by atoms with Crippen molar-refractivity contribution in [1.29, 1.82) is 0 Å². The fourth-order valence-electron chi connectivity index (χ4n) is 1.29. The number of aliphatic hydroxyl groups is 1. The first-order chi connectivity index (χ1) is 8.35. The van der Waals surface area contributed by atoms with E-state index in [1.165, 1.54) is 0 Å². The van der Waals surface area contributed by atoms with Gasteiger partial charge in [0.05, 0.1) is 6.61 Å². The summed E-state index contributed by atoms with van der Waals surface area (Å²) in [7, 11) is 0. The van der Waals surface area contributed by atoms with Crippen LogP contribution in [0.4, 0.5) is 0 Å². The molecular weight excluding hydrogens is 254 g/mol. The van der Waals surface area contributed by atoms with Crippen LogP contribution in [0.15, 0.2) is 24.3 Å². The highest BCUT2D eigenvalue weighted by Crippen LogP contribution is 2.21. The van der Waals surface area contributed by atoms with Gasteiger partial charge >= 0.3 is 0 Å². The third-order valence-electron chi connectivity index (χ3n) is 2.38. The number of hydrogen-bond donors (Lipinski definition) is 2. The van der Waals surface area contributed by atoms with Crippen molar-refractivity contribution < 1.29 is 14.6 Å². The van der Waals surface area contributed by atoms with Gasteiger partial charge in [0.15, 0.2) is 5.60 Å². The van der Waals surface area contributed by atoms with E-state index in [-0.39, 0.29) is 18.6 Å². The zero-order chi connectivity index (χ0) is 13.8. The van der Waals surface area contributed by atoms with E-state index in [9.17, 15) is 4.79 Å². The van der Waals surface area contributed by atoms with Crippen molar-refractivity contribution in [2.75, 3.05) is 6.61 Å². The van der Waals surface area contributed by atoms with Crippen molar-refractivity contribution in [2.45, 2.75) is 32.4 Å². The lowest BCUT2D eigenvalue weighted by atomic mass is 10.1. The molecule has 1 aromatic carbocycles. The molecule has 18 heavy (non-hydrogen) atoms. The Kier molecular flexibility index (Phi) is 4.99. The zero-order valence-electron chi connectivity index (χ0n) is 10.7. The van der Waals surface area contributed by atoms with Crippen LogP contribution in [0, 0.1) is 0 Å². The maximum absolute atomic E-state index is 11.9. The predicted molar refractivity (Wildman–Crippen MR) is 70.8 cm³/mol. The second-order valence-electron chi connectivity index (χ2n) is 4.62. The number of carbonyl (C=O) groups excluding carboxylic acids is 1. The summed E-state index contributed by atoms with van der Waals surface area (Å²) in [5.74, 6) is 0.287. The van der Waals surface area contributed by atoms with Gasteiger partial charge in [-0.3, -0.25) is 4.79 Å². The number of nitrogens with one attached hydrogen (secondary N) is 1. The molecule has 1 aromatic rings. The molecule has 100 valence electrons. The van der Waals surface area contributed by atoms with Crippen molar-refractivity contribution >= 4 is 17.5 Å². The summed E-state index contributed by atoms with van der Waals surface area (Å²) < 4.78 is 5.61. The van der Waals surface area contributed by atoms with Gasteiger partial charge in [-0.15, -0.1) is 0 Å². The molecule has 0 aromatic heterocycles. The van der Waals surface area contributed by atoms with Gasteiger partial charge in [0, 0.05) is 11.1 Å². The Hall–Kier alpha value is -1.26. The SMILES string of the molecule is C[C@@H](CO)NC(=O)C(C)(C)Oc1ccc(Cl)cc1. The smallest absolute Gasteiger partial charge is 0.263 e. The van der Waals surface area contributed by atoms with Crippen LogP contribution < -0.4 is 10.1 Å². The van der Waals surface area contributed by atoms with Crippen molar-refractivity contribution in [1.82, 2.24) is 5.32 Å². The number of amides is 1. The topological polar surface area (TPSA) is 58.6 Å². The van der Waals surface area contributed by atoms with E-state index in [4.69, 9.17) is 21.4 Å². The maximum Gasteiger partial charge on any atom is 0.263 e. The molecule has 1 rings (SSSR count). The highest BCUT2D eigenvalue weighted by Gasteiger charge is 2.30. The summed E-state index contributed by atoms with van der Waals surface area (Å²) in [5, 5.41) is 12.2. The van der Waals surface area contributed by atoms with Crippen LogP contribution in [0.25, 0.3) is 0 Å². The maximum atomic E-state index is 11.9. The summed E-state index contributed by atoms with van der Waals surface area (Å²) in [4.78, 5) is 11.9. The van der Waals surface area contributed by atoms with E-state index in [2.05, 4.69) is 5.32 Å². The van der Waals surface area contributed by atoms with Crippen molar-refractivity contribution in [3.8, 4) is 5.75 Å². The van der Waals surface area contributed by atoms with Gasteiger partial charge in [0.25, 0.3) is 5.91 Å². The zero-order valence-corrected chi connectivity index (χ0v) is 11.5. The lowest BCUT2D eigenvalue weighted by molar-refractivity contribution is -0.135. The fourth-order valence-corrected chi connectivity index (χ4v) is 1.41. The number of carbonyl (C=O) groups is 1. The van der Waals surface area contributed by atoms with Crippen molar-refractivity contribution in [3.63, 3.8) is 0 Å². The Balaban J connectivity index is 2.68. The molecule has 5 heteroatoms. The Bertz CT molecular complexity index is 403. The summed E-state index contributed by atoms with van der Waals surface area (Å²) in [6.45, 7) is 4.95. The minimum absolute atomic E-state index is 0.108. The van der Waals surface area contributed by atoms with E-state index in [0.717, 1.165) is 0 Å². The molecule has 4 nitrogen and oxygen atoms in total. The third-order valence-corrected chi connectivity index (χ3v) is 2.64. The molecule has 0 spiro atoms. The number of rotatable bonds is 5. The van der Waals surface area contributed by atoms with Crippen molar-refractivity contribution in [2.24, 2.45) is 0 Å². The molecule has 0 saturated carbocycles. The van der Waals surface area contributed by atoms with E-state index in [0.29, 0.717) is 10.8 Å². The van der Waals surface area contributed by atoms with Gasteiger partial charge in [-0.05, 0) is 45.0 Å². The summed E-state index contributed by atoms with van der Waals surface area (Å²) >= 11 is 5.77. The second-order valence-corrected chi connectivity index (χ2v) is 5.06. The highest BCUT2D eigenvalue weighted by atomic mass is 35.5. The molecule has 2 N–H and O–H groups in total. The number of benzene rings is 1. The Morgan fingerprint density at radius 2 is 2.00 bits per heavy atom. The first kappa shape index (κ1) is 14.8. The summed E-state index contributed by atoms with van der Waals surface area (Å²) in [6.07, 6.45) is 0. The van der Waals surface area contributed by atoms with Gasteiger partial charge in [0.2, 0.25) is 0 Å². The van der Waals surface area contributed by atoms with E-state index in [1.807, 2.05) is 0 Å². The number of ether oxygens (including phenoxy) is 1. The van der Waals surface area contributed by atoms with E-state index in [1.54, 1.807) is 45.0 Å². The molecule has 0 bridgehead atoms. The molecule has 0 heterocycles. The Labute approximate surface area is 112 Å². The first-order valence-corrected chi connectivity index (χ1v) is 6.09. The van der Waals surface area contributed by atoms with Crippen LogP contribution in [0.2, 0.25) is 5.02 Å². The van der Waals surface area contributed by atoms with Crippen LogP contribution in [0.1, 0.15) is 20.8 Å². The van der Waals surface area contributed by atoms with Gasteiger partial charge in [-0.25, -0.2) is 0 Å². The van der Waals surface area contributed by atoms with Crippen LogP contribution in [-0.4, -0.2) is 29.3 Å². The molecule has 0 fully saturated rings. The Morgan fingerprint density at radius 3 is 2.50 bits per heavy atom. The second kappa shape index (κ2) is 6.07. The molecule has 0 aliphatic carbocycles. The molecule has 0 saturated heterocycles. The standard InChI is InChI=1S/C13H18ClNO3/c1-9(8-16)15-12(17)13(2,3)18-11-6-4-10(14)5-7-11/h4-7,9,16H,8H2,1-3H3,(H,15,17)/t9-/m0/s1. The molecular formula is C13H18ClNO3. The molecule has 1 atom stereocenters. The van der Waals surface area contributed by atoms with E-state index < -0.39 is 5.60 Å². The number of halogens is 1. The van der Waals surface area contributed by atoms with E-state index >= 15 is 0 Å². The molecule has 0 aliphatic rings. The van der Waals surface area contributed by atoms with Gasteiger partial charge in [-0.1, -0.05) is 11.6 Å². The molecule has 0 aliphatic heterocycles. The lowest BCUT2D eigenvalue weighted by Crippen LogP contribution is -2.50. The van der Waals surface area contributed by atoms with Crippen LogP contribution in [0.3, 0.4) is 0 Å². The molecule has 1 amide bonds. The summed E-state index contributed by atoms with van der Waals surface area (Å²) in [5.41, 5.74) is -1.02. The quantitative estimate of drug-likeness (QED) is 0.861.